The van der Waals surface area contributed by atoms with Crippen molar-refractivity contribution in [2.24, 2.45) is 0 Å². The van der Waals surface area contributed by atoms with Crippen molar-refractivity contribution in [1.82, 2.24) is 20.3 Å². The number of pyridine rings is 1. The van der Waals surface area contributed by atoms with E-state index in [1.807, 2.05) is 12.1 Å². The molecule has 0 spiro atoms. The standard InChI is InChI=1S/C11H9N5O/c12-11-9(7-1-4-13-5-2-7)10(17-16-11)8-3-6-14-15-8/h1-6H,(H2,12,16)(H,14,15). The molecule has 3 rings (SSSR count). The Morgan fingerprint density at radius 3 is 2.65 bits per heavy atom. The van der Waals surface area contributed by atoms with Crippen molar-refractivity contribution in [3.05, 3.63) is 36.8 Å². The molecular weight excluding hydrogens is 218 g/mol. The second-order valence-electron chi connectivity index (χ2n) is 3.48. The number of anilines is 1. The zero-order valence-electron chi connectivity index (χ0n) is 8.79. The minimum atomic E-state index is 0.348. The number of nitrogens with one attached hydrogen (secondary N) is 1. The molecule has 6 nitrogen and oxygen atoms in total. The summed E-state index contributed by atoms with van der Waals surface area (Å²) < 4.78 is 5.23. The highest BCUT2D eigenvalue weighted by atomic mass is 16.5. The van der Waals surface area contributed by atoms with Crippen molar-refractivity contribution < 1.29 is 4.52 Å². The van der Waals surface area contributed by atoms with E-state index in [1.165, 1.54) is 0 Å². The molecule has 3 N–H and O–H groups in total. The molecule has 3 aromatic rings. The summed E-state index contributed by atoms with van der Waals surface area (Å²) in [6.07, 6.45) is 5.03. The Kier molecular flexibility index (Phi) is 2.11. The molecule has 84 valence electrons. The molecule has 0 aliphatic rings. The topological polar surface area (TPSA) is 93.6 Å². The average Bonchev–Trinajstić information content (AvgIpc) is 2.98. The van der Waals surface area contributed by atoms with Gasteiger partial charge in [0.15, 0.2) is 11.6 Å². The molecule has 0 aliphatic heterocycles. The Morgan fingerprint density at radius 1 is 1.12 bits per heavy atom. The lowest BCUT2D eigenvalue weighted by molar-refractivity contribution is 0.434. The highest BCUT2D eigenvalue weighted by Crippen LogP contribution is 2.34. The van der Waals surface area contributed by atoms with Crippen LogP contribution in [-0.4, -0.2) is 20.3 Å². The van der Waals surface area contributed by atoms with Gasteiger partial charge in [-0.25, -0.2) is 0 Å². The predicted molar refractivity (Wildman–Crippen MR) is 61.7 cm³/mol. The second kappa shape index (κ2) is 3.75. The molecule has 0 aromatic carbocycles. The van der Waals surface area contributed by atoms with Gasteiger partial charge in [-0.1, -0.05) is 5.16 Å². The number of hydrogen-bond acceptors (Lipinski definition) is 5. The first-order valence-electron chi connectivity index (χ1n) is 5.01. The van der Waals surface area contributed by atoms with Crippen LogP contribution in [0.2, 0.25) is 0 Å². The Labute approximate surface area is 96.5 Å². The van der Waals surface area contributed by atoms with Crippen LogP contribution in [0.1, 0.15) is 0 Å². The third kappa shape index (κ3) is 1.55. The number of rotatable bonds is 2. The van der Waals surface area contributed by atoms with Crippen molar-refractivity contribution in [1.29, 1.82) is 0 Å². The van der Waals surface area contributed by atoms with Crippen molar-refractivity contribution in [3.8, 4) is 22.6 Å². The van der Waals surface area contributed by atoms with Crippen molar-refractivity contribution in [2.45, 2.75) is 0 Å². The summed E-state index contributed by atoms with van der Waals surface area (Å²) in [6, 6.07) is 5.50. The van der Waals surface area contributed by atoms with E-state index >= 15 is 0 Å². The summed E-state index contributed by atoms with van der Waals surface area (Å²) in [6.45, 7) is 0. The monoisotopic (exact) mass is 227 g/mol. The average molecular weight is 227 g/mol. The lowest BCUT2D eigenvalue weighted by Gasteiger charge is -1.99. The van der Waals surface area contributed by atoms with Crippen molar-refractivity contribution in [3.63, 3.8) is 0 Å². The van der Waals surface area contributed by atoms with Gasteiger partial charge in [0.1, 0.15) is 5.69 Å². The minimum absolute atomic E-state index is 0.348. The number of hydrogen-bond donors (Lipinski definition) is 2. The molecular formula is C11H9N5O. The lowest BCUT2D eigenvalue weighted by Crippen LogP contribution is -1.89. The fraction of sp³-hybridized carbons (Fsp3) is 0. The fourth-order valence-corrected chi connectivity index (χ4v) is 1.67. The first kappa shape index (κ1) is 9.59. The molecule has 0 saturated heterocycles. The maximum absolute atomic E-state index is 5.82. The van der Waals surface area contributed by atoms with Crippen LogP contribution >= 0.6 is 0 Å². The van der Waals surface area contributed by atoms with Crippen LogP contribution in [0.3, 0.4) is 0 Å². The van der Waals surface area contributed by atoms with E-state index in [2.05, 4.69) is 20.3 Å². The molecule has 0 saturated carbocycles. The van der Waals surface area contributed by atoms with Crippen molar-refractivity contribution >= 4 is 5.82 Å². The van der Waals surface area contributed by atoms with Gasteiger partial charge in [-0.05, 0) is 23.8 Å². The zero-order chi connectivity index (χ0) is 11.7. The van der Waals surface area contributed by atoms with Gasteiger partial charge in [0.05, 0.1) is 5.56 Å². The SMILES string of the molecule is Nc1noc(-c2ccn[nH]2)c1-c1ccncc1. The van der Waals surface area contributed by atoms with Crippen LogP contribution in [0.15, 0.2) is 41.3 Å². The molecule has 0 bridgehead atoms. The first-order chi connectivity index (χ1) is 8.36. The van der Waals surface area contributed by atoms with E-state index in [-0.39, 0.29) is 0 Å². The molecule has 0 atom stereocenters. The molecule has 17 heavy (non-hydrogen) atoms. The number of aromatic nitrogens is 4. The zero-order valence-corrected chi connectivity index (χ0v) is 8.79. The second-order valence-corrected chi connectivity index (χ2v) is 3.48. The quantitative estimate of drug-likeness (QED) is 0.695. The van der Waals surface area contributed by atoms with Gasteiger partial charge in [0, 0.05) is 18.6 Å². The molecule has 0 amide bonds. The largest absolute Gasteiger partial charge is 0.380 e. The minimum Gasteiger partial charge on any atom is -0.380 e. The summed E-state index contributed by atoms with van der Waals surface area (Å²) in [5.74, 6) is 0.923. The third-order valence-corrected chi connectivity index (χ3v) is 2.43. The van der Waals surface area contributed by atoms with Gasteiger partial charge in [0.2, 0.25) is 0 Å². The number of nitrogen functional groups attached to an aromatic ring is 1. The van der Waals surface area contributed by atoms with E-state index in [0.717, 1.165) is 16.8 Å². The van der Waals surface area contributed by atoms with Crippen LogP contribution in [0.4, 0.5) is 5.82 Å². The van der Waals surface area contributed by atoms with Gasteiger partial charge in [0.25, 0.3) is 0 Å². The number of nitrogens with zero attached hydrogens (tertiary/aromatic N) is 3. The van der Waals surface area contributed by atoms with Gasteiger partial charge >= 0.3 is 0 Å². The van der Waals surface area contributed by atoms with Gasteiger partial charge in [-0.15, -0.1) is 0 Å². The van der Waals surface area contributed by atoms with Crippen LogP contribution in [0.5, 0.6) is 0 Å². The summed E-state index contributed by atoms with van der Waals surface area (Å²) in [7, 11) is 0. The molecule has 0 fully saturated rings. The maximum Gasteiger partial charge on any atom is 0.194 e. The Balaban J connectivity index is 2.20. The van der Waals surface area contributed by atoms with Gasteiger partial charge in [-0.3, -0.25) is 10.1 Å². The summed E-state index contributed by atoms with van der Waals surface area (Å²) in [5.41, 5.74) is 8.21. The van der Waals surface area contributed by atoms with Crippen LogP contribution < -0.4 is 5.73 Å². The van der Waals surface area contributed by atoms with E-state index < -0.39 is 0 Å². The Bertz CT molecular complexity index is 615. The molecule has 6 heteroatoms. The van der Waals surface area contributed by atoms with E-state index in [4.69, 9.17) is 10.3 Å². The maximum atomic E-state index is 5.82. The normalized spacial score (nSPS) is 10.6. The van der Waals surface area contributed by atoms with Crippen molar-refractivity contribution in [2.75, 3.05) is 5.73 Å². The fourth-order valence-electron chi connectivity index (χ4n) is 1.67. The number of H-pyrrole nitrogens is 1. The molecule has 0 radical (unpaired) electrons. The molecule has 0 aliphatic carbocycles. The Hall–Kier alpha value is -2.63. The molecule has 3 heterocycles. The smallest absolute Gasteiger partial charge is 0.194 e. The van der Waals surface area contributed by atoms with E-state index in [1.54, 1.807) is 24.7 Å². The van der Waals surface area contributed by atoms with Crippen LogP contribution in [-0.2, 0) is 0 Å². The Morgan fingerprint density at radius 2 is 1.94 bits per heavy atom. The number of aromatic amines is 1. The highest BCUT2D eigenvalue weighted by molar-refractivity contribution is 5.85. The molecule has 3 aromatic heterocycles. The first-order valence-corrected chi connectivity index (χ1v) is 5.01. The van der Waals surface area contributed by atoms with E-state index in [0.29, 0.717) is 11.6 Å². The third-order valence-electron chi connectivity index (χ3n) is 2.43. The van der Waals surface area contributed by atoms with Gasteiger partial charge < -0.3 is 10.3 Å². The summed E-state index contributed by atoms with van der Waals surface area (Å²) >= 11 is 0. The number of nitrogens with two attached hydrogens (primary N) is 1. The molecule has 0 unspecified atom stereocenters. The van der Waals surface area contributed by atoms with Crippen LogP contribution in [0.25, 0.3) is 22.6 Å². The summed E-state index contributed by atoms with van der Waals surface area (Å²) in [5, 5.41) is 10.5. The highest BCUT2D eigenvalue weighted by Gasteiger charge is 2.18. The lowest BCUT2D eigenvalue weighted by atomic mass is 10.1. The van der Waals surface area contributed by atoms with Gasteiger partial charge in [-0.2, -0.15) is 5.10 Å². The van der Waals surface area contributed by atoms with E-state index in [9.17, 15) is 0 Å². The van der Waals surface area contributed by atoms with Crippen LogP contribution in [0, 0.1) is 0 Å². The summed E-state index contributed by atoms with van der Waals surface area (Å²) in [4.78, 5) is 3.97. The predicted octanol–water partition coefficient (Wildman–Crippen LogP) is 1.71.